The van der Waals surface area contributed by atoms with Crippen LogP contribution in [-0.4, -0.2) is 19.7 Å². The van der Waals surface area contributed by atoms with Crippen molar-refractivity contribution in [3.63, 3.8) is 0 Å². The van der Waals surface area contributed by atoms with Crippen LogP contribution in [0.1, 0.15) is 0 Å². The van der Waals surface area contributed by atoms with E-state index in [1.54, 1.807) is 12.4 Å². The van der Waals surface area contributed by atoms with E-state index in [2.05, 4.69) is 48.6 Å². The minimum absolute atomic E-state index is 0.0890. The molecule has 0 aliphatic heterocycles. The van der Waals surface area contributed by atoms with Crippen LogP contribution in [0.15, 0.2) is 29.1 Å². The molecule has 0 radical (unpaired) electrons. The highest BCUT2D eigenvalue weighted by Crippen LogP contribution is 2.24. The first kappa shape index (κ1) is 11.5. The third-order valence-electron chi connectivity index (χ3n) is 1.78. The van der Waals surface area contributed by atoms with Gasteiger partial charge < -0.3 is 0 Å². The van der Waals surface area contributed by atoms with Gasteiger partial charge in [-0.15, -0.1) is 0 Å². The van der Waals surface area contributed by atoms with Gasteiger partial charge in [0.05, 0.1) is 14.7 Å². The monoisotopic (exact) mass is 394 g/mol. The summed E-state index contributed by atoms with van der Waals surface area (Å²) < 4.78 is 2.83. The van der Waals surface area contributed by atoms with E-state index < -0.39 is 4.92 Å². The zero-order chi connectivity index (χ0) is 11.7. The van der Waals surface area contributed by atoms with Crippen molar-refractivity contribution in [2.75, 3.05) is 0 Å². The van der Waals surface area contributed by atoms with E-state index in [1.165, 1.54) is 16.9 Å². The van der Waals surface area contributed by atoms with Crippen LogP contribution in [0.25, 0.3) is 5.82 Å². The second-order valence-corrected chi connectivity index (χ2v) is 5.02. The van der Waals surface area contributed by atoms with Crippen LogP contribution in [0, 0.1) is 13.7 Å². The third kappa shape index (κ3) is 2.21. The van der Waals surface area contributed by atoms with Crippen molar-refractivity contribution in [3.05, 3.63) is 42.8 Å². The number of pyridine rings is 1. The number of hydrogen-bond donors (Lipinski definition) is 0. The number of aromatic nitrogens is 3. The fourth-order valence-corrected chi connectivity index (χ4v) is 1.86. The molecule has 0 amide bonds. The Labute approximate surface area is 112 Å². The van der Waals surface area contributed by atoms with Crippen LogP contribution < -0.4 is 0 Å². The summed E-state index contributed by atoms with van der Waals surface area (Å²) in [6.07, 6.45) is 4.77. The molecule has 0 fully saturated rings. The summed E-state index contributed by atoms with van der Waals surface area (Å²) in [6.45, 7) is 0. The minimum atomic E-state index is -0.484. The third-order valence-corrected chi connectivity index (χ3v) is 2.77. The predicted molar refractivity (Wildman–Crippen MR) is 68.4 cm³/mol. The molecule has 0 saturated carbocycles. The smallest absolute Gasteiger partial charge is 0.258 e. The largest absolute Gasteiger partial charge is 0.314 e. The van der Waals surface area contributed by atoms with Gasteiger partial charge in [-0.25, -0.2) is 9.67 Å². The normalized spacial score (nSPS) is 10.4. The first-order valence-corrected chi connectivity index (χ1v) is 5.95. The number of nitro groups is 1. The van der Waals surface area contributed by atoms with E-state index in [1.807, 2.05) is 0 Å². The fraction of sp³-hybridized carbons (Fsp3) is 0. The quantitative estimate of drug-likeness (QED) is 0.445. The van der Waals surface area contributed by atoms with Gasteiger partial charge in [-0.1, -0.05) is 0 Å². The van der Waals surface area contributed by atoms with E-state index in [0.29, 0.717) is 4.47 Å². The lowest BCUT2D eigenvalue weighted by Gasteiger charge is -2.01. The van der Waals surface area contributed by atoms with E-state index in [0.717, 1.165) is 3.57 Å². The maximum absolute atomic E-state index is 10.9. The van der Waals surface area contributed by atoms with Crippen LogP contribution in [0.4, 0.5) is 5.69 Å². The van der Waals surface area contributed by atoms with Gasteiger partial charge in [0.15, 0.2) is 0 Å². The first-order chi connectivity index (χ1) is 7.58. The van der Waals surface area contributed by atoms with Crippen molar-refractivity contribution < 1.29 is 4.92 Å². The van der Waals surface area contributed by atoms with Crippen LogP contribution in [0.2, 0.25) is 0 Å². The highest BCUT2D eigenvalue weighted by atomic mass is 127. The van der Waals surface area contributed by atoms with Crippen molar-refractivity contribution in [2.45, 2.75) is 0 Å². The van der Waals surface area contributed by atoms with Gasteiger partial charge in [-0.3, -0.25) is 10.1 Å². The molecule has 0 aliphatic rings. The molecule has 2 rings (SSSR count). The van der Waals surface area contributed by atoms with Crippen LogP contribution in [0.5, 0.6) is 0 Å². The Balaban J connectivity index is 2.60. The molecule has 0 aromatic carbocycles. The number of nitrogens with zero attached hydrogens (tertiary/aromatic N) is 4. The molecule has 82 valence electrons. The highest BCUT2D eigenvalue weighted by Gasteiger charge is 2.18. The molecule has 2 aromatic heterocycles. The Hall–Kier alpha value is -1.03. The summed E-state index contributed by atoms with van der Waals surface area (Å²) in [5.74, 6) is 0.205. The Kier molecular flexibility index (Phi) is 3.19. The molecule has 2 aromatic rings. The maximum Gasteiger partial charge on any atom is 0.314 e. The molecular weight excluding hydrogens is 391 g/mol. The standard InChI is InChI=1S/C8H4BrIN4O2/c9-5-1-7(14(15)16)8(11-2-5)13-4-6(10)3-12-13/h1-4H. The molecule has 0 saturated heterocycles. The molecule has 0 unspecified atom stereocenters. The number of halogens is 2. The van der Waals surface area contributed by atoms with E-state index in [4.69, 9.17) is 0 Å². The molecule has 6 nitrogen and oxygen atoms in total. The topological polar surface area (TPSA) is 73.8 Å². The van der Waals surface area contributed by atoms with Crippen molar-refractivity contribution in [3.8, 4) is 5.82 Å². The first-order valence-electron chi connectivity index (χ1n) is 4.08. The Morgan fingerprint density at radius 3 is 2.81 bits per heavy atom. The second kappa shape index (κ2) is 4.45. The Morgan fingerprint density at radius 1 is 1.50 bits per heavy atom. The second-order valence-electron chi connectivity index (χ2n) is 2.86. The van der Waals surface area contributed by atoms with Gasteiger partial charge in [0.25, 0.3) is 0 Å². The molecule has 2 heterocycles. The zero-order valence-corrected chi connectivity index (χ0v) is 11.4. The van der Waals surface area contributed by atoms with Crippen molar-refractivity contribution in [2.24, 2.45) is 0 Å². The molecule has 0 atom stereocenters. The van der Waals surface area contributed by atoms with Gasteiger partial charge in [-0.05, 0) is 38.5 Å². The van der Waals surface area contributed by atoms with Crippen molar-refractivity contribution in [1.29, 1.82) is 0 Å². The van der Waals surface area contributed by atoms with Gasteiger partial charge in [0.2, 0.25) is 5.82 Å². The Bertz CT molecular complexity index is 557. The number of rotatable bonds is 2. The molecule has 0 aliphatic carbocycles. The van der Waals surface area contributed by atoms with E-state index in [9.17, 15) is 10.1 Å². The van der Waals surface area contributed by atoms with Crippen LogP contribution >= 0.6 is 38.5 Å². The van der Waals surface area contributed by atoms with Crippen molar-refractivity contribution >= 4 is 44.2 Å². The average molecular weight is 395 g/mol. The summed E-state index contributed by atoms with van der Waals surface area (Å²) >= 11 is 5.22. The summed E-state index contributed by atoms with van der Waals surface area (Å²) in [7, 11) is 0. The van der Waals surface area contributed by atoms with Crippen molar-refractivity contribution in [1.82, 2.24) is 14.8 Å². The molecule has 16 heavy (non-hydrogen) atoms. The minimum Gasteiger partial charge on any atom is -0.258 e. The van der Waals surface area contributed by atoms with Crippen LogP contribution in [-0.2, 0) is 0 Å². The highest BCUT2D eigenvalue weighted by molar-refractivity contribution is 14.1. The molecule has 0 N–H and O–H groups in total. The molecule has 0 spiro atoms. The maximum atomic E-state index is 10.9. The Morgan fingerprint density at radius 2 is 2.25 bits per heavy atom. The van der Waals surface area contributed by atoms with Gasteiger partial charge in [0.1, 0.15) is 0 Å². The van der Waals surface area contributed by atoms with Gasteiger partial charge in [0, 0.05) is 22.9 Å². The lowest BCUT2D eigenvalue weighted by atomic mass is 10.4. The molecular formula is C8H4BrIN4O2. The molecule has 0 bridgehead atoms. The van der Waals surface area contributed by atoms with E-state index >= 15 is 0 Å². The fourth-order valence-electron chi connectivity index (χ4n) is 1.15. The zero-order valence-electron chi connectivity index (χ0n) is 7.67. The molecule has 8 heteroatoms. The lowest BCUT2D eigenvalue weighted by Crippen LogP contribution is -2.03. The summed E-state index contributed by atoms with van der Waals surface area (Å²) in [5.41, 5.74) is -0.0890. The lowest BCUT2D eigenvalue weighted by molar-refractivity contribution is -0.385. The van der Waals surface area contributed by atoms with Gasteiger partial charge >= 0.3 is 5.69 Å². The van der Waals surface area contributed by atoms with E-state index in [-0.39, 0.29) is 11.5 Å². The van der Waals surface area contributed by atoms with Crippen LogP contribution in [0.3, 0.4) is 0 Å². The summed E-state index contributed by atoms with van der Waals surface area (Å²) in [5, 5.41) is 14.8. The number of hydrogen-bond acceptors (Lipinski definition) is 4. The average Bonchev–Trinajstić information content (AvgIpc) is 2.64. The SMILES string of the molecule is O=[N+]([O-])c1cc(Br)cnc1-n1cc(I)cn1. The predicted octanol–water partition coefficient (Wildman–Crippen LogP) is 2.54. The van der Waals surface area contributed by atoms with Gasteiger partial charge in [-0.2, -0.15) is 5.10 Å². The summed E-state index contributed by atoms with van der Waals surface area (Å²) in [4.78, 5) is 14.4. The summed E-state index contributed by atoms with van der Waals surface area (Å²) in [6, 6.07) is 1.40.